The van der Waals surface area contributed by atoms with Crippen LogP contribution in [-0.2, 0) is 16.0 Å². The highest BCUT2D eigenvalue weighted by Gasteiger charge is 2.22. The van der Waals surface area contributed by atoms with Crippen LogP contribution in [-0.4, -0.2) is 35.9 Å². The molecular weight excluding hydrogens is 218 g/mol. The van der Waals surface area contributed by atoms with Gasteiger partial charge in [-0.15, -0.1) is 0 Å². The molecule has 5 nitrogen and oxygen atoms in total. The van der Waals surface area contributed by atoms with Crippen LogP contribution >= 0.6 is 0 Å². The van der Waals surface area contributed by atoms with E-state index < -0.39 is 0 Å². The molecule has 0 radical (unpaired) electrons. The van der Waals surface area contributed by atoms with Crippen LogP contribution in [0.3, 0.4) is 0 Å². The summed E-state index contributed by atoms with van der Waals surface area (Å²) in [6.07, 6.45) is 4.60. The predicted molar refractivity (Wildman–Crippen MR) is 63.6 cm³/mol. The summed E-state index contributed by atoms with van der Waals surface area (Å²) in [6, 6.07) is 0. The number of ether oxygens (including phenoxy) is 1. The Morgan fingerprint density at radius 2 is 2.59 bits per heavy atom. The van der Waals surface area contributed by atoms with E-state index in [1.807, 2.05) is 13.1 Å². The zero-order chi connectivity index (χ0) is 12.1. The number of H-pyrrole nitrogens is 1. The second-order valence-corrected chi connectivity index (χ2v) is 4.48. The molecule has 2 rings (SSSR count). The maximum Gasteiger partial charge on any atom is 0.225 e. The van der Waals surface area contributed by atoms with Crippen LogP contribution in [0.2, 0.25) is 0 Å². The van der Waals surface area contributed by atoms with Crippen molar-refractivity contribution in [3.8, 4) is 0 Å². The molecule has 1 fully saturated rings. The summed E-state index contributed by atoms with van der Waals surface area (Å²) in [5.41, 5.74) is 2.34. The van der Waals surface area contributed by atoms with Crippen molar-refractivity contribution in [2.45, 2.75) is 26.2 Å². The SMILES string of the molecule is Cc1[nH]ncc1CCCNC(=O)C1CCOC1. The van der Waals surface area contributed by atoms with E-state index in [2.05, 4.69) is 15.5 Å². The molecule has 2 N–H and O–H groups in total. The fraction of sp³-hybridized carbons (Fsp3) is 0.667. The van der Waals surface area contributed by atoms with Gasteiger partial charge in [-0.3, -0.25) is 9.89 Å². The van der Waals surface area contributed by atoms with E-state index in [-0.39, 0.29) is 11.8 Å². The van der Waals surface area contributed by atoms with Crippen molar-refractivity contribution in [3.05, 3.63) is 17.5 Å². The lowest BCUT2D eigenvalue weighted by Gasteiger charge is -2.08. The first-order valence-corrected chi connectivity index (χ1v) is 6.11. The molecule has 0 spiro atoms. The van der Waals surface area contributed by atoms with Crippen LogP contribution in [0, 0.1) is 12.8 Å². The summed E-state index contributed by atoms with van der Waals surface area (Å²) in [7, 11) is 0. The molecule has 1 aliphatic heterocycles. The second-order valence-electron chi connectivity index (χ2n) is 4.48. The van der Waals surface area contributed by atoms with Crippen molar-refractivity contribution < 1.29 is 9.53 Å². The Kier molecular flexibility index (Phi) is 4.14. The van der Waals surface area contributed by atoms with E-state index in [1.54, 1.807) is 0 Å². The number of hydrogen-bond donors (Lipinski definition) is 2. The minimum absolute atomic E-state index is 0.0608. The highest BCUT2D eigenvalue weighted by Crippen LogP contribution is 2.12. The molecule has 1 saturated heterocycles. The van der Waals surface area contributed by atoms with Crippen LogP contribution in [0.4, 0.5) is 0 Å². The summed E-state index contributed by atoms with van der Waals surface area (Å²) in [6.45, 7) is 4.02. The third-order valence-corrected chi connectivity index (χ3v) is 3.16. The van der Waals surface area contributed by atoms with Crippen molar-refractivity contribution in [3.63, 3.8) is 0 Å². The lowest BCUT2D eigenvalue weighted by atomic mass is 10.1. The van der Waals surface area contributed by atoms with E-state index in [9.17, 15) is 4.79 Å². The summed E-state index contributed by atoms with van der Waals surface area (Å²) in [4.78, 5) is 11.7. The molecule has 94 valence electrons. The standard InChI is InChI=1S/C12H19N3O2/c1-9-10(7-14-15-9)3-2-5-13-12(16)11-4-6-17-8-11/h7,11H,2-6,8H2,1H3,(H,13,16)(H,14,15). The molecule has 2 heterocycles. The van der Waals surface area contributed by atoms with Crippen LogP contribution < -0.4 is 5.32 Å². The van der Waals surface area contributed by atoms with Crippen molar-refractivity contribution in [1.29, 1.82) is 0 Å². The number of rotatable bonds is 5. The van der Waals surface area contributed by atoms with Crippen LogP contribution in [0.1, 0.15) is 24.1 Å². The van der Waals surface area contributed by atoms with Crippen LogP contribution in [0.15, 0.2) is 6.20 Å². The third-order valence-electron chi connectivity index (χ3n) is 3.16. The lowest BCUT2D eigenvalue weighted by molar-refractivity contribution is -0.124. The summed E-state index contributed by atoms with van der Waals surface area (Å²) in [5, 5.41) is 9.84. The maximum atomic E-state index is 11.7. The molecule has 17 heavy (non-hydrogen) atoms. The van der Waals surface area contributed by atoms with E-state index in [0.717, 1.165) is 31.5 Å². The number of carbonyl (C=O) groups is 1. The van der Waals surface area contributed by atoms with Gasteiger partial charge in [0.2, 0.25) is 5.91 Å². The van der Waals surface area contributed by atoms with Gasteiger partial charge in [0.15, 0.2) is 0 Å². The summed E-state index contributed by atoms with van der Waals surface area (Å²) >= 11 is 0. The van der Waals surface area contributed by atoms with E-state index >= 15 is 0 Å². The number of hydrogen-bond acceptors (Lipinski definition) is 3. The molecule has 1 amide bonds. The number of carbonyl (C=O) groups excluding carboxylic acids is 1. The molecular formula is C12H19N3O2. The molecule has 0 bridgehead atoms. The summed E-state index contributed by atoms with van der Waals surface area (Å²) in [5.74, 6) is 0.192. The lowest BCUT2D eigenvalue weighted by Crippen LogP contribution is -2.31. The van der Waals surface area contributed by atoms with Gasteiger partial charge in [0.05, 0.1) is 18.7 Å². The zero-order valence-corrected chi connectivity index (χ0v) is 10.2. The molecule has 1 aromatic rings. The Morgan fingerprint density at radius 1 is 1.71 bits per heavy atom. The largest absolute Gasteiger partial charge is 0.381 e. The van der Waals surface area contributed by atoms with Gasteiger partial charge in [-0.25, -0.2) is 0 Å². The minimum Gasteiger partial charge on any atom is -0.381 e. The highest BCUT2D eigenvalue weighted by molar-refractivity contribution is 5.78. The van der Waals surface area contributed by atoms with Gasteiger partial charge in [0.1, 0.15) is 0 Å². The maximum absolute atomic E-state index is 11.7. The second kappa shape index (κ2) is 5.82. The Labute approximate surface area is 101 Å². The monoisotopic (exact) mass is 237 g/mol. The van der Waals surface area contributed by atoms with Crippen molar-refractivity contribution >= 4 is 5.91 Å². The molecule has 0 aromatic carbocycles. The Morgan fingerprint density at radius 3 is 3.24 bits per heavy atom. The number of nitrogens with one attached hydrogen (secondary N) is 2. The molecule has 0 aliphatic carbocycles. The zero-order valence-electron chi connectivity index (χ0n) is 10.2. The fourth-order valence-corrected chi connectivity index (χ4v) is 2.00. The van der Waals surface area contributed by atoms with E-state index in [4.69, 9.17) is 4.74 Å². The number of aromatic nitrogens is 2. The first-order chi connectivity index (χ1) is 8.27. The molecule has 5 heteroatoms. The molecule has 0 saturated carbocycles. The van der Waals surface area contributed by atoms with Crippen LogP contribution in [0.5, 0.6) is 0 Å². The topological polar surface area (TPSA) is 67.0 Å². The third kappa shape index (κ3) is 3.30. The summed E-state index contributed by atoms with van der Waals surface area (Å²) < 4.78 is 5.19. The molecule has 1 unspecified atom stereocenters. The normalized spacial score (nSPS) is 19.5. The Balaban J connectivity index is 1.63. The average Bonchev–Trinajstić information content (AvgIpc) is 2.96. The smallest absolute Gasteiger partial charge is 0.225 e. The first kappa shape index (κ1) is 12.1. The highest BCUT2D eigenvalue weighted by atomic mass is 16.5. The van der Waals surface area contributed by atoms with Gasteiger partial charge >= 0.3 is 0 Å². The first-order valence-electron chi connectivity index (χ1n) is 6.11. The van der Waals surface area contributed by atoms with Gasteiger partial charge in [-0.2, -0.15) is 5.10 Å². The van der Waals surface area contributed by atoms with Gasteiger partial charge in [-0.1, -0.05) is 0 Å². The van der Waals surface area contributed by atoms with Crippen molar-refractivity contribution in [2.24, 2.45) is 5.92 Å². The minimum atomic E-state index is 0.0608. The van der Waals surface area contributed by atoms with Gasteiger partial charge in [0.25, 0.3) is 0 Å². The molecule has 1 atom stereocenters. The number of nitrogens with zero attached hydrogens (tertiary/aromatic N) is 1. The van der Waals surface area contributed by atoms with Crippen molar-refractivity contribution in [2.75, 3.05) is 19.8 Å². The van der Waals surface area contributed by atoms with E-state index in [0.29, 0.717) is 13.2 Å². The number of aromatic amines is 1. The fourth-order valence-electron chi connectivity index (χ4n) is 2.00. The van der Waals surface area contributed by atoms with Gasteiger partial charge in [-0.05, 0) is 31.7 Å². The average molecular weight is 237 g/mol. The quantitative estimate of drug-likeness (QED) is 0.744. The Bertz CT molecular complexity index is 370. The van der Waals surface area contributed by atoms with Gasteiger partial charge < -0.3 is 10.1 Å². The van der Waals surface area contributed by atoms with E-state index in [1.165, 1.54) is 5.56 Å². The van der Waals surface area contributed by atoms with Gasteiger partial charge in [0, 0.05) is 18.8 Å². The predicted octanol–water partition coefficient (Wildman–Crippen LogP) is 0.803. The van der Waals surface area contributed by atoms with Crippen LogP contribution in [0.25, 0.3) is 0 Å². The Hall–Kier alpha value is -1.36. The number of amides is 1. The van der Waals surface area contributed by atoms with Crippen molar-refractivity contribution in [1.82, 2.24) is 15.5 Å². The number of aryl methyl sites for hydroxylation is 2. The molecule has 1 aromatic heterocycles. The molecule has 1 aliphatic rings.